The van der Waals surface area contributed by atoms with Gasteiger partial charge in [0.15, 0.2) is 0 Å². The Morgan fingerprint density at radius 1 is 1.07 bits per heavy atom. The Bertz CT molecular complexity index is 1140. The minimum atomic E-state index is 0.481. The lowest BCUT2D eigenvalue weighted by Crippen LogP contribution is -2.13. The number of rotatable bonds is 7. The average Bonchev–Trinajstić information content (AvgIpc) is 3.35. The van der Waals surface area contributed by atoms with Crippen LogP contribution in [0.3, 0.4) is 0 Å². The Morgan fingerprint density at radius 3 is 2.63 bits per heavy atom. The second-order valence-corrected chi connectivity index (χ2v) is 8.05. The van der Waals surface area contributed by atoms with Crippen molar-refractivity contribution in [2.45, 2.75) is 26.6 Å². The second kappa shape index (κ2) is 9.18. The fraction of sp³-hybridized carbons (Fsp3) is 0.190. The molecule has 0 saturated carbocycles. The van der Waals surface area contributed by atoms with Gasteiger partial charge in [-0.2, -0.15) is 5.10 Å². The molecule has 0 bridgehead atoms. The van der Waals surface area contributed by atoms with Crippen LogP contribution in [0.15, 0.2) is 55.2 Å². The van der Waals surface area contributed by atoms with E-state index in [9.17, 15) is 0 Å². The maximum absolute atomic E-state index is 6.59. The highest BCUT2D eigenvalue weighted by molar-refractivity contribution is 6.35. The quantitative estimate of drug-likeness (QED) is 0.417. The standard InChI is InChI=1S/C21H19Cl3N6/c1-14-18(21(24)30(28-14)12-16-3-4-17(22)8-19(16)23)11-26-9-15-2-5-20(27-10-15)29-7-6-25-13-29/h2-8,10,13,26H,9,11-12H2,1H3. The van der Waals surface area contributed by atoms with Gasteiger partial charge >= 0.3 is 0 Å². The highest BCUT2D eigenvalue weighted by Gasteiger charge is 2.14. The molecule has 3 aromatic heterocycles. The lowest BCUT2D eigenvalue weighted by Gasteiger charge is -2.08. The number of imidazole rings is 1. The molecule has 0 atom stereocenters. The average molecular weight is 462 g/mol. The van der Waals surface area contributed by atoms with E-state index in [-0.39, 0.29) is 0 Å². The predicted molar refractivity (Wildman–Crippen MR) is 119 cm³/mol. The van der Waals surface area contributed by atoms with Crippen LogP contribution in [0.2, 0.25) is 15.2 Å². The summed E-state index contributed by atoms with van der Waals surface area (Å²) in [5.74, 6) is 0.831. The Kier molecular flexibility index (Phi) is 6.39. The Morgan fingerprint density at radius 2 is 1.93 bits per heavy atom. The number of benzene rings is 1. The maximum atomic E-state index is 6.59. The molecule has 0 saturated heterocycles. The van der Waals surface area contributed by atoms with E-state index in [1.54, 1.807) is 23.3 Å². The highest BCUT2D eigenvalue weighted by atomic mass is 35.5. The molecular formula is C21H19Cl3N6. The van der Waals surface area contributed by atoms with Crippen LogP contribution in [0, 0.1) is 6.92 Å². The molecule has 6 nitrogen and oxygen atoms in total. The van der Waals surface area contributed by atoms with Crippen molar-refractivity contribution in [2.24, 2.45) is 0 Å². The van der Waals surface area contributed by atoms with Crippen LogP contribution in [-0.2, 0) is 19.6 Å². The fourth-order valence-corrected chi connectivity index (χ4v) is 3.88. The first-order chi connectivity index (χ1) is 14.5. The topological polar surface area (TPSA) is 60.6 Å². The first-order valence-electron chi connectivity index (χ1n) is 9.31. The fourth-order valence-electron chi connectivity index (χ4n) is 3.11. The molecular weight excluding hydrogens is 443 g/mol. The van der Waals surface area contributed by atoms with Gasteiger partial charge in [-0.1, -0.05) is 46.9 Å². The first kappa shape index (κ1) is 20.9. The third-order valence-electron chi connectivity index (χ3n) is 4.73. The molecule has 9 heteroatoms. The number of nitrogens with one attached hydrogen (secondary N) is 1. The highest BCUT2D eigenvalue weighted by Crippen LogP contribution is 2.25. The monoisotopic (exact) mass is 460 g/mol. The van der Waals surface area contributed by atoms with Gasteiger partial charge in [0, 0.05) is 47.3 Å². The van der Waals surface area contributed by atoms with Crippen LogP contribution in [0.4, 0.5) is 0 Å². The molecule has 1 N–H and O–H groups in total. The van der Waals surface area contributed by atoms with Gasteiger partial charge in [0.1, 0.15) is 17.3 Å². The summed E-state index contributed by atoms with van der Waals surface area (Å²) in [4.78, 5) is 8.50. The van der Waals surface area contributed by atoms with Crippen molar-refractivity contribution in [3.05, 3.63) is 92.8 Å². The molecule has 0 aliphatic heterocycles. The molecule has 4 rings (SSSR count). The summed E-state index contributed by atoms with van der Waals surface area (Å²) in [6.45, 7) is 3.70. The number of nitrogens with zero attached hydrogens (tertiary/aromatic N) is 5. The van der Waals surface area contributed by atoms with Gasteiger partial charge < -0.3 is 5.32 Å². The zero-order valence-electron chi connectivity index (χ0n) is 16.2. The summed E-state index contributed by atoms with van der Waals surface area (Å²) in [6, 6.07) is 9.41. The minimum absolute atomic E-state index is 0.481. The van der Waals surface area contributed by atoms with Gasteiger partial charge in [0.05, 0.1) is 12.2 Å². The van der Waals surface area contributed by atoms with Crippen LogP contribution in [0.25, 0.3) is 5.82 Å². The lowest BCUT2D eigenvalue weighted by atomic mass is 10.2. The van der Waals surface area contributed by atoms with Crippen molar-refractivity contribution in [1.29, 1.82) is 0 Å². The smallest absolute Gasteiger partial charge is 0.137 e. The molecule has 0 unspecified atom stereocenters. The summed E-state index contributed by atoms with van der Waals surface area (Å²) >= 11 is 18.8. The Hall–Kier alpha value is -2.38. The molecule has 30 heavy (non-hydrogen) atoms. The van der Waals surface area contributed by atoms with E-state index >= 15 is 0 Å². The first-order valence-corrected chi connectivity index (χ1v) is 10.4. The zero-order chi connectivity index (χ0) is 21.1. The molecule has 0 fully saturated rings. The van der Waals surface area contributed by atoms with Crippen molar-refractivity contribution in [2.75, 3.05) is 0 Å². The summed E-state index contributed by atoms with van der Waals surface area (Å²) in [5, 5.41) is 9.77. The second-order valence-electron chi connectivity index (χ2n) is 6.85. The molecule has 0 radical (unpaired) electrons. The van der Waals surface area contributed by atoms with Crippen LogP contribution in [0.1, 0.15) is 22.4 Å². The zero-order valence-corrected chi connectivity index (χ0v) is 18.5. The van der Waals surface area contributed by atoms with Gasteiger partial charge in [-0.15, -0.1) is 0 Å². The normalized spacial score (nSPS) is 11.2. The SMILES string of the molecule is Cc1nn(Cc2ccc(Cl)cc2Cl)c(Cl)c1CNCc1ccc(-n2ccnc2)nc1. The Balaban J connectivity index is 1.39. The molecule has 0 amide bonds. The van der Waals surface area contributed by atoms with Gasteiger partial charge in [0.2, 0.25) is 0 Å². The number of halogens is 3. The van der Waals surface area contributed by atoms with Crippen LogP contribution in [-0.4, -0.2) is 24.3 Å². The predicted octanol–water partition coefficient (Wildman–Crippen LogP) is 5.07. The molecule has 154 valence electrons. The summed E-state index contributed by atoms with van der Waals surface area (Å²) < 4.78 is 3.62. The molecule has 1 aromatic carbocycles. The van der Waals surface area contributed by atoms with E-state index < -0.39 is 0 Å². The number of hydrogen-bond acceptors (Lipinski definition) is 4. The van der Waals surface area contributed by atoms with Gasteiger partial charge in [-0.05, 0) is 36.2 Å². The van der Waals surface area contributed by atoms with Crippen LogP contribution >= 0.6 is 34.8 Å². The third kappa shape index (κ3) is 4.68. The molecule has 3 heterocycles. The lowest BCUT2D eigenvalue weighted by molar-refractivity contribution is 0.676. The van der Waals surface area contributed by atoms with Crippen LogP contribution < -0.4 is 5.32 Å². The van der Waals surface area contributed by atoms with Crippen molar-refractivity contribution >= 4 is 34.8 Å². The largest absolute Gasteiger partial charge is 0.308 e. The maximum Gasteiger partial charge on any atom is 0.137 e. The molecule has 0 aliphatic rings. The van der Waals surface area contributed by atoms with Crippen molar-refractivity contribution < 1.29 is 0 Å². The number of hydrogen-bond donors (Lipinski definition) is 1. The van der Waals surface area contributed by atoms with E-state index in [1.807, 2.05) is 48.1 Å². The molecule has 0 aliphatic carbocycles. The van der Waals surface area contributed by atoms with E-state index in [1.165, 1.54) is 0 Å². The summed E-state index contributed by atoms with van der Waals surface area (Å²) in [7, 11) is 0. The van der Waals surface area contributed by atoms with Gasteiger partial charge in [-0.3, -0.25) is 4.57 Å². The van der Waals surface area contributed by atoms with E-state index in [4.69, 9.17) is 34.8 Å². The van der Waals surface area contributed by atoms with Gasteiger partial charge in [0.25, 0.3) is 0 Å². The number of pyridine rings is 1. The van der Waals surface area contributed by atoms with E-state index in [0.29, 0.717) is 34.8 Å². The van der Waals surface area contributed by atoms with E-state index in [2.05, 4.69) is 20.4 Å². The van der Waals surface area contributed by atoms with Crippen molar-refractivity contribution in [3.8, 4) is 5.82 Å². The van der Waals surface area contributed by atoms with Crippen molar-refractivity contribution in [3.63, 3.8) is 0 Å². The number of aromatic nitrogens is 5. The third-order valence-corrected chi connectivity index (χ3v) is 5.74. The minimum Gasteiger partial charge on any atom is -0.308 e. The van der Waals surface area contributed by atoms with Crippen LogP contribution in [0.5, 0.6) is 0 Å². The van der Waals surface area contributed by atoms with E-state index in [0.717, 1.165) is 28.2 Å². The van der Waals surface area contributed by atoms with Gasteiger partial charge in [-0.25, -0.2) is 14.6 Å². The molecule has 0 spiro atoms. The molecule has 4 aromatic rings. The van der Waals surface area contributed by atoms with Crippen molar-refractivity contribution in [1.82, 2.24) is 29.6 Å². The summed E-state index contributed by atoms with van der Waals surface area (Å²) in [6.07, 6.45) is 7.16. The summed E-state index contributed by atoms with van der Waals surface area (Å²) in [5.41, 5.74) is 3.83. The number of aryl methyl sites for hydroxylation is 1. The Labute approximate surface area is 189 Å².